The fourth-order valence-electron chi connectivity index (χ4n) is 0. The monoisotopic (exact) mass is 296 g/mol. The van der Waals surface area contributed by atoms with Crippen molar-refractivity contribution in [1.29, 1.82) is 0 Å². The molecule has 0 aromatic rings. The fraction of sp³-hybridized carbons (Fsp3) is 0. The Hall–Kier alpha value is 2.23. The van der Waals surface area contributed by atoms with Crippen molar-refractivity contribution in [2.45, 2.75) is 0 Å². The summed E-state index contributed by atoms with van der Waals surface area (Å²) in [7, 11) is 0. The molecule has 0 aliphatic carbocycles. The van der Waals surface area contributed by atoms with Gasteiger partial charge in [0.2, 0.25) is 0 Å². The van der Waals surface area contributed by atoms with Crippen molar-refractivity contribution in [3.8, 4) is 0 Å². The number of hydrogen-bond acceptors (Lipinski definition) is 0. The molecule has 0 N–H and O–H groups in total. The summed E-state index contributed by atoms with van der Waals surface area (Å²) in [5.41, 5.74) is 0. The van der Waals surface area contributed by atoms with Crippen molar-refractivity contribution < 1.29 is 78.3 Å². The predicted octanol–water partition coefficient (Wildman–Crippen LogP) is -0.129. The third kappa shape index (κ3) is 22.4. The van der Waals surface area contributed by atoms with Gasteiger partial charge in [0.1, 0.15) is 0 Å². The summed E-state index contributed by atoms with van der Waals surface area (Å²) in [6.45, 7) is 0. The third-order valence-corrected chi connectivity index (χ3v) is 0. The van der Waals surface area contributed by atoms with Gasteiger partial charge >= 0.3 is 0 Å². The van der Waals surface area contributed by atoms with Crippen molar-refractivity contribution in [3.63, 3.8) is 0 Å². The average molecular weight is 296 g/mol. The first-order valence-electron chi connectivity index (χ1n) is 0. The van der Waals surface area contributed by atoms with E-state index in [0.717, 1.165) is 0 Å². The Morgan fingerprint density at radius 2 is 1.00 bits per heavy atom. The zero-order valence-electron chi connectivity index (χ0n) is 2.18. The van der Waals surface area contributed by atoms with Crippen LogP contribution in [0, 0.1) is 0 Å². The number of hydrogen-bond donors (Lipinski definition) is 0. The normalized spacial score (nSPS) is 0. The van der Waals surface area contributed by atoms with E-state index in [0.29, 0.717) is 0 Å². The molecule has 0 aliphatic heterocycles. The van der Waals surface area contributed by atoms with Gasteiger partial charge in [0.15, 0.2) is 0 Å². The van der Waals surface area contributed by atoms with E-state index in [1.807, 2.05) is 0 Å². The van der Waals surface area contributed by atoms with E-state index in [1.54, 1.807) is 0 Å². The van der Waals surface area contributed by atoms with Crippen LogP contribution in [0.4, 0.5) is 0 Å². The maximum absolute atomic E-state index is 0. The Balaban J connectivity index is 0. The summed E-state index contributed by atoms with van der Waals surface area (Å²) in [5.74, 6) is 0. The first kappa shape index (κ1) is 56.4. The summed E-state index contributed by atoms with van der Waals surface area (Å²) < 4.78 is 0. The maximum atomic E-state index is 0. The first-order chi connectivity index (χ1) is 0. The van der Waals surface area contributed by atoms with E-state index in [1.165, 1.54) is 0 Å². The zero-order valence-corrected chi connectivity index (χ0v) is 9.11. The molecule has 0 amide bonds. The maximum Gasteiger partial charge on any atom is 0 e. The largest absolute Gasteiger partial charge is 0 e. The van der Waals surface area contributed by atoms with Crippen LogP contribution in [0.15, 0.2) is 0 Å². The van der Waals surface area contributed by atoms with E-state index >= 15 is 0 Å². The Labute approximate surface area is 77.5 Å². The molecule has 0 saturated carbocycles. The zero-order chi connectivity index (χ0) is 0. The van der Waals surface area contributed by atoms with Gasteiger partial charge in [-0.1, -0.05) is 0 Å². The molecule has 0 saturated heterocycles. The molecule has 32 valence electrons. The van der Waals surface area contributed by atoms with E-state index in [2.05, 4.69) is 0 Å². The van der Waals surface area contributed by atoms with Gasteiger partial charge in [0.05, 0.1) is 0 Å². The van der Waals surface area contributed by atoms with Gasteiger partial charge in [-0.2, -0.15) is 0 Å². The molecule has 1 nitrogen and oxygen atoms in total. The molecular weight excluding hydrogens is 296 g/mol. The quantitative estimate of drug-likeness (QED) is 0.557. The Morgan fingerprint density at radius 3 is 1.00 bits per heavy atom. The minimum atomic E-state index is 0. The molecule has 0 aromatic heterocycles. The van der Waals surface area contributed by atoms with Crippen LogP contribution in [0.5, 0.6) is 0 Å². The molecular formula is CoMnORuZn. The van der Waals surface area contributed by atoms with Gasteiger partial charge < -0.3 is 0 Å². The minimum absolute atomic E-state index is 0. The predicted molar refractivity (Wildman–Crippen MR) is 0.686 cm³/mol. The van der Waals surface area contributed by atoms with Gasteiger partial charge in [-0.15, -0.1) is 0 Å². The van der Waals surface area contributed by atoms with Gasteiger partial charge in [-0.25, -0.2) is 0 Å². The molecule has 0 rings (SSSR count). The summed E-state index contributed by atoms with van der Waals surface area (Å²) in [6.07, 6.45) is 0. The van der Waals surface area contributed by atoms with Gasteiger partial charge in [0, 0.05) is 78.3 Å². The topological polar surface area (TPSA) is 28.5 Å². The fourth-order valence-corrected chi connectivity index (χ4v) is 0. The van der Waals surface area contributed by atoms with Gasteiger partial charge in [-0.05, 0) is 0 Å². The van der Waals surface area contributed by atoms with Gasteiger partial charge in [0.25, 0.3) is 0 Å². The SMILES string of the molecule is [Co].[Mn].[O].[Ru].[Zn]. The first-order valence-corrected chi connectivity index (χ1v) is 0. The van der Waals surface area contributed by atoms with Crippen LogP contribution in [0.25, 0.3) is 0 Å². The van der Waals surface area contributed by atoms with E-state index in [-0.39, 0.29) is 78.3 Å². The van der Waals surface area contributed by atoms with Gasteiger partial charge in [-0.3, -0.25) is 0 Å². The molecule has 0 spiro atoms. The second-order valence-corrected chi connectivity index (χ2v) is 0. The second kappa shape index (κ2) is 34.2. The molecule has 0 fully saturated rings. The van der Waals surface area contributed by atoms with Crippen LogP contribution in [0.1, 0.15) is 0 Å². The van der Waals surface area contributed by atoms with E-state index < -0.39 is 0 Å². The van der Waals surface area contributed by atoms with Crippen molar-refractivity contribution in [2.24, 2.45) is 0 Å². The third-order valence-electron chi connectivity index (χ3n) is 0. The van der Waals surface area contributed by atoms with Crippen LogP contribution in [-0.4, -0.2) is 0 Å². The summed E-state index contributed by atoms with van der Waals surface area (Å²) in [5, 5.41) is 0. The van der Waals surface area contributed by atoms with Crippen LogP contribution in [0.3, 0.4) is 0 Å². The summed E-state index contributed by atoms with van der Waals surface area (Å²) >= 11 is 0. The van der Waals surface area contributed by atoms with Crippen LogP contribution in [0.2, 0.25) is 0 Å². The standard InChI is InChI=1S/Co.Mn.O.Ru.Zn. The van der Waals surface area contributed by atoms with Crippen molar-refractivity contribution in [1.82, 2.24) is 0 Å². The number of rotatable bonds is 0. The summed E-state index contributed by atoms with van der Waals surface area (Å²) in [6, 6.07) is 0. The summed E-state index contributed by atoms with van der Waals surface area (Å²) in [4.78, 5) is 0. The molecule has 5 heteroatoms. The van der Waals surface area contributed by atoms with E-state index in [9.17, 15) is 0 Å². The molecule has 0 bridgehead atoms. The Bertz CT molecular complexity index is 11.6. The van der Waals surface area contributed by atoms with E-state index in [4.69, 9.17) is 0 Å². The molecule has 0 unspecified atom stereocenters. The molecule has 0 heterocycles. The second-order valence-electron chi connectivity index (χ2n) is 0. The van der Waals surface area contributed by atoms with Crippen LogP contribution in [-0.2, 0) is 78.3 Å². The van der Waals surface area contributed by atoms with Crippen LogP contribution >= 0.6 is 0 Å². The molecule has 5 heavy (non-hydrogen) atoms. The molecule has 0 aliphatic rings. The van der Waals surface area contributed by atoms with Crippen molar-refractivity contribution in [3.05, 3.63) is 0 Å². The molecule has 0 atom stereocenters. The minimum Gasteiger partial charge on any atom is 0 e. The Kier molecular flexibility index (Phi) is 386. The van der Waals surface area contributed by atoms with Crippen molar-refractivity contribution >= 4 is 0 Å². The smallest absolute Gasteiger partial charge is 0 e. The van der Waals surface area contributed by atoms with Crippen molar-refractivity contribution in [2.75, 3.05) is 0 Å². The molecule has 0 aromatic carbocycles. The average Bonchev–Trinajstić information content (AvgIpc) is 0. The molecule has 4 radical (unpaired) electrons. The Morgan fingerprint density at radius 1 is 1.00 bits per heavy atom. The van der Waals surface area contributed by atoms with Crippen LogP contribution < -0.4 is 0 Å².